The fourth-order valence-corrected chi connectivity index (χ4v) is 3.95. The number of alkyl halides is 2. The molecule has 1 heterocycles. The summed E-state index contributed by atoms with van der Waals surface area (Å²) in [5.74, 6) is -0.0818. The molecule has 27 heavy (non-hydrogen) atoms. The average molecular weight is 416 g/mol. The first-order chi connectivity index (χ1) is 12.8. The molecular weight excluding hydrogens is 385 g/mol. The molecule has 0 aromatic carbocycles. The van der Waals surface area contributed by atoms with Crippen LogP contribution in [-0.4, -0.2) is 50.1 Å². The fraction of sp³-hybridized carbons (Fsp3) is 0.700. The molecule has 0 saturated heterocycles. The van der Waals surface area contributed by atoms with E-state index in [-0.39, 0.29) is 24.4 Å². The molecule has 1 aliphatic carbocycles. The van der Waals surface area contributed by atoms with E-state index in [1.165, 1.54) is 6.42 Å². The van der Waals surface area contributed by atoms with Gasteiger partial charge in [-0.1, -0.05) is 56.3 Å². The van der Waals surface area contributed by atoms with E-state index in [2.05, 4.69) is 13.8 Å². The monoisotopic (exact) mass is 415 g/mol. The Bertz CT molecular complexity index is 624. The maximum Gasteiger partial charge on any atom is 0.256 e. The molecular formula is C20H31Cl2N3O2. The summed E-state index contributed by atoms with van der Waals surface area (Å²) >= 11 is 11.7. The largest absolute Gasteiger partial charge is 0.353 e. The highest BCUT2D eigenvalue weighted by atomic mass is 35.5. The smallest absolute Gasteiger partial charge is 0.256 e. The van der Waals surface area contributed by atoms with E-state index in [9.17, 15) is 9.59 Å². The molecule has 1 saturated carbocycles. The molecule has 2 amide bonds. The van der Waals surface area contributed by atoms with Crippen molar-refractivity contribution in [2.45, 2.75) is 63.4 Å². The van der Waals surface area contributed by atoms with Gasteiger partial charge in [0.25, 0.3) is 5.91 Å². The lowest BCUT2D eigenvalue weighted by atomic mass is 9.94. The molecule has 1 aromatic rings. The number of hydrogen-bond acceptors (Lipinski definition) is 2. The van der Waals surface area contributed by atoms with Crippen LogP contribution in [0.2, 0.25) is 0 Å². The molecule has 2 rings (SSSR count). The van der Waals surface area contributed by atoms with Gasteiger partial charge in [-0.2, -0.15) is 0 Å². The first-order valence-corrected chi connectivity index (χ1v) is 10.6. The Labute approximate surface area is 172 Å². The SMILES string of the molecule is CC(C)CN(Cc1cccn1C)C(=O)CN(C(=O)C(Cl)Cl)C1CCCCC1. The van der Waals surface area contributed by atoms with Gasteiger partial charge in [-0.3, -0.25) is 9.59 Å². The van der Waals surface area contributed by atoms with E-state index < -0.39 is 4.84 Å². The van der Waals surface area contributed by atoms with Crippen molar-refractivity contribution < 1.29 is 9.59 Å². The number of carbonyl (C=O) groups is 2. The molecule has 0 spiro atoms. The Kier molecular flexibility index (Phi) is 8.49. The normalized spacial score (nSPS) is 15.4. The van der Waals surface area contributed by atoms with Crippen molar-refractivity contribution in [3.63, 3.8) is 0 Å². The molecule has 0 radical (unpaired) electrons. The Balaban J connectivity index is 2.14. The topological polar surface area (TPSA) is 45.6 Å². The minimum absolute atomic E-state index is 0.0383. The lowest BCUT2D eigenvalue weighted by Gasteiger charge is -2.36. The zero-order valence-corrected chi connectivity index (χ0v) is 18.0. The summed E-state index contributed by atoms with van der Waals surface area (Å²) in [6.45, 7) is 5.38. The van der Waals surface area contributed by atoms with Crippen molar-refractivity contribution >= 4 is 35.0 Å². The number of aromatic nitrogens is 1. The summed E-state index contributed by atoms with van der Waals surface area (Å²) < 4.78 is 2.01. The second-order valence-corrected chi connectivity index (χ2v) is 8.93. The van der Waals surface area contributed by atoms with Crippen molar-refractivity contribution in [3.8, 4) is 0 Å². The predicted octanol–water partition coefficient (Wildman–Crippen LogP) is 3.97. The third-order valence-electron chi connectivity index (χ3n) is 5.13. The molecule has 5 nitrogen and oxygen atoms in total. The number of halogens is 2. The molecule has 152 valence electrons. The Morgan fingerprint density at radius 1 is 1.22 bits per heavy atom. The lowest BCUT2D eigenvalue weighted by Crippen LogP contribution is -2.50. The summed E-state index contributed by atoms with van der Waals surface area (Å²) in [7, 11) is 1.97. The van der Waals surface area contributed by atoms with E-state index in [0.717, 1.165) is 31.4 Å². The predicted molar refractivity (Wildman–Crippen MR) is 110 cm³/mol. The van der Waals surface area contributed by atoms with Crippen LogP contribution in [0.5, 0.6) is 0 Å². The molecule has 7 heteroatoms. The van der Waals surface area contributed by atoms with Gasteiger partial charge in [-0.15, -0.1) is 0 Å². The van der Waals surface area contributed by atoms with Crippen LogP contribution in [0.4, 0.5) is 0 Å². The molecule has 0 bridgehead atoms. The Morgan fingerprint density at radius 3 is 2.41 bits per heavy atom. The van der Waals surface area contributed by atoms with Crippen molar-refractivity contribution in [1.82, 2.24) is 14.4 Å². The first kappa shape index (κ1) is 22.1. The van der Waals surface area contributed by atoms with Gasteiger partial charge in [0, 0.05) is 31.5 Å². The highest BCUT2D eigenvalue weighted by Crippen LogP contribution is 2.25. The van der Waals surface area contributed by atoms with Crippen molar-refractivity contribution in [1.29, 1.82) is 0 Å². The number of aryl methyl sites for hydroxylation is 1. The zero-order chi connectivity index (χ0) is 20.0. The van der Waals surface area contributed by atoms with Gasteiger partial charge >= 0.3 is 0 Å². The second-order valence-electron chi connectivity index (χ2n) is 7.84. The van der Waals surface area contributed by atoms with Crippen LogP contribution in [0.25, 0.3) is 0 Å². The van der Waals surface area contributed by atoms with Crippen LogP contribution in [0, 0.1) is 5.92 Å². The van der Waals surface area contributed by atoms with Crippen molar-refractivity contribution in [2.24, 2.45) is 13.0 Å². The molecule has 0 aliphatic heterocycles. The van der Waals surface area contributed by atoms with Crippen LogP contribution >= 0.6 is 23.2 Å². The first-order valence-electron chi connectivity index (χ1n) is 9.76. The van der Waals surface area contributed by atoms with Crippen molar-refractivity contribution in [3.05, 3.63) is 24.0 Å². The summed E-state index contributed by atoms with van der Waals surface area (Å²) in [5.41, 5.74) is 1.06. The van der Waals surface area contributed by atoms with E-state index >= 15 is 0 Å². The van der Waals surface area contributed by atoms with Crippen molar-refractivity contribution in [2.75, 3.05) is 13.1 Å². The minimum Gasteiger partial charge on any atom is -0.353 e. The maximum atomic E-state index is 13.1. The highest BCUT2D eigenvalue weighted by molar-refractivity contribution is 6.53. The van der Waals surface area contributed by atoms with Gasteiger partial charge in [0.1, 0.15) is 6.54 Å². The van der Waals surface area contributed by atoms with E-state index in [1.54, 1.807) is 4.90 Å². The summed E-state index contributed by atoms with van der Waals surface area (Å²) in [4.78, 5) is 28.0. The minimum atomic E-state index is -1.13. The quantitative estimate of drug-likeness (QED) is 0.602. The number of hydrogen-bond donors (Lipinski definition) is 0. The maximum absolute atomic E-state index is 13.1. The molecule has 0 N–H and O–H groups in total. The number of nitrogens with zero attached hydrogens (tertiary/aromatic N) is 3. The fourth-order valence-electron chi connectivity index (χ4n) is 3.70. The molecule has 0 atom stereocenters. The highest BCUT2D eigenvalue weighted by Gasteiger charge is 2.31. The van der Waals surface area contributed by atoms with Gasteiger partial charge in [0.15, 0.2) is 4.84 Å². The summed E-state index contributed by atoms with van der Waals surface area (Å²) in [5, 5.41) is 0. The zero-order valence-electron chi connectivity index (χ0n) is 16.5. The summed E-state index contributed by atoms with van der Waals surface area (Å²) in [6.07, 6.45) is 7.08. The standard InChI is InChI=1S/C20H31Cl2N3O2/c1-15(2)12-24(13-17-10-7-11-23(17)3)18(26)14-25(20(27)19(21)22)16-8-5-4-6-9-16/h7,10-11,15-16,19H,4-6,8-9,12-14H2,1-3H3. The van der Waals surface area contributed by atoms with E-state index in [1.807, 2.05) is 34.8 Å². The van der Waals surface area contributed by atoms with Gasteiger partial charge in [0.2, 0.25) is 5.91 Å². The van der Waals surface area contributed by atoms with Crippen LogP contribution in [0.15, 0.2) is 18.3 Å². The van der Waals surface area contributed by atoms with Crippen LogP contribution < -0.4 is 0 Å². The average Bonchev–Trinajstić information content (AvgIpc) is 3.03. The summed E-state index contributed by atoms with van der Waals surface area (Å²) in [6, 6.07) is 4.03. The molecule has 0 unspecified atom stereocenters. The number of rotatable bonds is 8. The molecule has 1 fully saturated rings. The third-order valence-corrected chi connectivity index (χ3v) is 5.51. The van der Waals surface area contributed by atoms with E-state index in [4.69, 9.17) is 23.2 Å². The number of carbonyl (C=O) groups excluding carboxylic acids is 2. The Morgan fingerprint density at radius 2 is 1.89 bits per heavy atom. The van der Waals surface area contributed by atoms with Crippen LogP contribution in [-0.2, 0) is 23.2 Å². The van der Waals surface area contributed by atoms with Gasteiger partial charge in [-0.25, -0.2) is 0 Å². The molecule has 1 aromatic heterocycles. The van der Waals surface area contributed by atoms with Gasteiger partial charge in [-0.05, 0) is 30.9 Å². The lowest BCUT2D eigenvalue weighted by molar-refractivity contribution is -0.142. The van der Waals surface area contributed by atoms with Crippen LogP contribution in [0.3, 0.4) is 0 Å². The Hall–Kier alpha value is -1.20. The van der Waals surface area contributed by atoms with Crippen LogP contribution in [0.1, 0.15) is 51.6 Å². The van der Waals surface area contributed by atoms with E-state index in [0.29, 0.717) is 19.0 Å². The van der Waals surface area contributed by atoms with Gasteiger partial charge < -0.3 is 14.4 Å². The number of amides is 2. The second kappa shape index (κ2) is 10.4. The molecule has 1 aliphatic rings. The van der Waals surface area contributed by atoms with Gasteiger partial charge in [0.05, 0.1) is 6.54 Å². The third kappa shape index (κ3) is 6.42.